The first-order valence-electron chi connectivity index (χ1n) is 11.2. The van der Waals surface area contributed by atoms with Crippen LogP contribution in [0.15, 0.2) is 48.7 Å². The molecule has 0 bridgehead atoms. The van der Waals surface area contributed by atoms with E-state index in [0.29, 0.717) is 36.9 Å². The van der Waals surface area contributed by atoms with Crippen molar-refractivity contribution in [2.24, 2.45) is 0 Å². The number of hydrogen-bond donors (Lipinski definition) is 0. The van der Waals surface area contributed by atoms with E-state index in [1.807, 2.05) is 42.5 Å². The van der Waals surface area contributed by atoms with Crippen molar-refractivity contribution >= 4 is 23.4 Å². The first-order chi connectivity index (χ1) is 15.8. The van der Waals surface area contributed by atoms with Crippen LogP contribution in [0.3, 0.4) is 0 Å². The van der Waals surface area contributed by atoms with Gasteiger partial charge in [0.1, 0.15) is 11.9 Å². The third-order valence-electron chi connectivity index (χ3n) is 6.51. The van der Waals surface area contributed by atoms with Crippen LogP contribution < -0.4 is 4.90 Å². The van der Waals surface area contributed by atoms with E-state index in [0.717, 1.165) is 37.3 Å². The average Bonchev–Trinajstić information content (AvgIpc) is 2.81. The number of esters is 1. The Morgan fingerprint density at radius 1 is 1.06 bits per heavy atom. The first kappa shape index (κ1) is 23.8. The Balaban J connectivity index is 1.44. The van der Waals surface area contributed by atoms with E-state index < -0.39 is 18.2 Å². The Kier molecular flexibility index (Phi) is 7.44. The van der Waals surface area contributed by atoms with E-state index in [9.17, 15) is 18.0 Å². The topological polar surface area (TPSA) is 45.7 Å². The van der Waals surface area contributed by atoms with Crippen molar-refractivity contribution in [1.82, 2.24) is 9.88 Å². The van der Waals surface area contributed by atoms with Gasteiger partial charge in [0.05, 0.1) is 0 Å². The summed E-state index contributed by atoms with van der Waals surface area (Å²) in [6, 6.07) is 13.7. The van der Waals surface area contributed by atoms with Gasteiger partial charge in [0.15, 0.2) is 0 Å². The maximum atomic E-state index is 12.7. The number of ether oxygens (including phenoxy) is 1. The number of likely N-dealkylation sites (tertiary alicyclic amines) is 1. The van der Waals surface area contributed by atoms with Gasteiger partial charge < -0.3 is 9.64 Å². The molecule has 2 aromatic rings. The minimum Gasteiger partial charge on any atom is -0.456 e. The van der Waals surface area contributed by atoms with Crippen LogP contribution in [0.5, 0.6) is 0 Å². The standard InChI is InChI=1S/C24H27ClF3N3O2/c25-18-6-4-17(5-7-18)15-20-16-21(33-23(32)24(26,27)28)10-14-31(20)19-8-12-30(13-9-19)22-3-1-2-11-29-22/h1-7,11,19-21H,8-10,12-16H2/t20-,21-/m0/s1. The van der Waals surface area contributed by atoms with Gasteiger partial charge in [-0.3, -0.25) is 4.90 Å². The van der Waals surface area contributed by atoms with Gasteiger partial charge >= 0.3 is 12.1 Å². The molecule has 0 N–H and O–H groups in total. The number of carbonyl (C=O) groups excluding carboxylic acids is 1. The quantitative estimate of drug-likeness (QED) is 0.569. The summed E-state index contributed by atoms with van der Waals surface area (Å²) in [5.74, 6) is -1.14. The van der Waals surface area contributed by atoms with E-state index in [-0.39, 0.29) is 6.04 Å². The predicted molar refractivity (Wildman–Crippen MR) is 120 cm³/mol. The lowest BCUT2D eigenvalue weighted by Gasteiger charge is -2.46. The minimum atomic E-state index is -4.97. The van der Waals surface area contributed by atoms with E-state index in [2.05, 4.69) is 14.8 Å². The van der Waals surface area contributed by atoms with Crippen LogP contribution >= 0.6 is 11.6 Å². The highest BCUT2D eigenvalue weighted by molar-refractivity contribution is 6.30. The molecule has 178 valence electrons. The van der Waals surface area contributed by atoms with Gasteiger partial charge in [-0.05, 0) is 55.5 Å². The van der Waals surface area contributed by atoms with Gasteiger partial charge in [0.2, 0.25) is 0 Å². The summed E-state index contributed by atoms with van der Waals surface area (Å²) in [6.45, 7) is 2.35. The fraction of sp³-hybridized carbons (Fsp3) is 0.500. The van der Waals surface area contributed by atoms with Crippen molar-refractivity contribution in [1.29, 1.82) is 0 Å². The molecular formula is C24H27ClF3N3O2. The summed E-state index contributed by atoms with van der Waals surface area (Å²) in [5.41, 5.74) is 1.06. The highest BCUT2D eigenvalue weighted by atomic mass is 35.5. The third kappa shape index (κ3) is 6.18. The maximum Gasteiger partial charge on any atom is 0.490 e. The number of benzene rings is 1. The number of alkyl halides is 3. The highest BCUT2D eigenvalue weighted by Crippen LogP contribution is 2.31. The number of hydrogen-bond acceptors (Lipinski definition) is 5. The van der Waals surface area contributed by atoms with Crippen molar-refractivity contribution in [3.63, 3.8) is 0 Å². The van der Waals surface area contributed by atoms with Crippen molar-refractivity contribution in [2.45, 2.75) is 56.5 Å². The van der Waals surface area contributed by atoms with Crippen LogP contribution in [0.2, 0.25) is 5.02 Å². The van der Waals surface area contributed by atoms with Crippen molar-refractivity contribution in [3.8, 4) is 0 Å². The third-order valence-corrected chi connectivity index (χ3v) is 6.76. The molecule has 1 aromatic carbocycles. The Bertz CT molecular complexity index is 919. The fourth-order valence-electron chi connectivity index (χ4n) is 4.90. The lowest BCUT2D eigenvalue weighted by atomic mass is 9.90. The van der Waals surface area contributed by atoms with E-state index in [1.54, 1.807) is 6.20 Å². The zero-order valence-corrected chi connectivity index (χ0v) is 18.9. The van der Waals surface area contributed by atoms with Gasteiger partial charge in [-0.25, -0.2) is 9.78 Å². The average molecular weight is 482 g/mol. The molecule has 0 amide bonds. The Hall–Kier alpha value is -2.32. The molecule has 0 spiro atoms. The van der Waals surface area contributed by atoms with Gasteiger partial charge in [-0.15, -0.1) is 0 Å². The number of anilines is 1. The van der Waals surface area contributed by atoms with Gasteiger partial charge in [0.25, 0.3) is 0 Å². The summed E-state index contributed by atoms with van der Waals surface area (Å²) in [7, 11) is 0. The summed E-state index contributed by atoms with van der Waals surface area (Å²) in [5, 5.41) is 0.637. The monoisotopic (exact) mass is 481 g/mol. The molecule has 2 aliphatic rings. The number of halogens is 4. The van der Waals surface area contributed by atoms with Gasteiger partial charge in [-0.1, -0.05) is 29.8 Å². The molecule has 9 heteroatoms. The zero-order chi connectivity index (χ0) is 23.4. The molecule has 33 heavy (non-hydrogen) atoms. The van der Waals surface area contributed by atoms with Gasteiger partial charge in [-0.2, -0.15) is 13.2 Å². The molecule has 2 saturated heterocycles. The molecular weight excluding hydrogens is 455 g/mol. The molecule has 1 aromatic heterocycles. The number of carbonyl (C=O) groups is 1. The maximum absolute atomic E-state index is 12.7. The van der Waals surface area contributed by atoms with E-state index >= 15 is 0 Å². The number of pyridine rings is 1. The van der Waals surface area contributed by atoms with Crippen LogP contribution in [0.1, 0.15) is 31.2 Å². The van der Waals surface area contributed by atoms with Crippen molar-refractivity contribution in [3.05, 3.63) is 59.2 Å². The second-order valence-corrected chi connectivity index (χ2v) is 9.11. The molecule has 4 rings (SSSR count). The highest BCUT2D eigenvalue weighted by Gasteiger charge is 2.44. The Morgan fingerprint density at radius 2 is 1.79 bits per heavy atom. The molecule has 5 nitrogen and oxygen atoms in total. The molecule has 0 radical (unpaired) electrons. The van der Waals surface area contributed by atoms with Crippen LogP contribution in [0, 0.1) is 0 Å². The minimum absolute atomic E-state index is 0.0163. The first-order valence-corrected chi connectivity index (χ1v) is 11.6. The summed E-state index contributed by atoms with van der Waals surface area (Å²) in [6.07, 6.45) is -0.581. The normalized spacial score (nSPS) is 22.8. The van der Waals surface area contributed by atoms with E-state index in [1.165, 1.54) is 0 Å². The summed E-state index contributed by atoms with van der Waals surface area (Å²) < 4.78 is 43.0. The van der Waals surface area contributed by atoms with Crippen LogP contribution in [0.25, 0.3) is 0 Å². The Labute approximate surface area is 196 Å². The largest absolute Gasteiger partial charge is 0.490 e. The number of piperidine rings is 2. The summed E-state index contributed by atoms with van der Waals surface area (Å²) >= 11 is 6.01. The second kappa shape index (κ2) is 10.3. The zero-order valence-electron chi connectivity index (χ0n) is 18.2. The number of aromatic nitrogens is 1. The second-order valence-electron chi connectivity index (χ2n) is 8.68. The van der Waals surface area contributed by atoms with Crippen LogP contribution in [0.4, 0.5) is 19.0 Å². The van der Waals surface area contributed by atoms with E-state index in [4.69, 9.17) is 16.3 Å². The number of rotatable bonds is 5. The summed E-state index contributed by atoms with van der Waals surface area (Å²) in [4.78, 5) is 20.5. The van der Waals surface area contributed by atoms with Crippen molar-refractivity contribution in [2.75, 3.05) is 24.5 Å². The molecule has 0 unspecified atom stereocenters. The number of nitrogens with zero attached hydrogens (tertiary/aromatic N) is 3. The lowest BCUT2D eigenvalue weighted by Crippen LogP contribution is -2.54. The van der Waals surface area contributed by atoms with Crippen LogP contribution in [-0.4, -0.2) is 59.9 Å². The molecule has 2 fully saturated rings. The Morgan fingerprint density at radius 3 is 2.42 bits per heavy atom. The molecule has 2 atom stereocenters. The molecule has 0 saturated carbocycles. The molecule has 2 aliphatic heterocycles. The predicted octanol–water partition coefficient (Wildman–Crippen LogP) is 4.89. The molecule has 3 heterocycles. The lowest BCUT2D eigenvalue weighted by molar-refractivity contribution is -0.207. The van der Waals surface area contributed by atoms with Gasteiger partial charge in [0, 0.05) is 49.4 Å². The fourth-order valence-corrected chi connectivity index (χ4v) is 5.02. The van der Waals surface area contributed by atoms with Crippen molar-refractivity contribution < 1.29 is 22.7 Å². The van der Waals surface area contributed by atoms with Crippen LogP contribution in [-0.2, 0) is 16.0 Å². The SMILES string of the molecule is O=C(O[C@H]1CCN(C2CCN(c3ccccn3)CC2)[C@@H](Cc2ccc(Cl)cc2)C1)C(F)(F)F. The molecule has 0 aliphatic carbocycles. The smallest absolute Gasteiger partial charge is 0.456 e.